The Hall–Kier alpha value is -2.08. The first-order valence-electron chi connectivity index (χ1n) is 6.38. The van der Waals surface area contributed by atoms with Crippen molar-refractivity contribution in [3.05, 3.63) is 68.3 Å². The van der Waals surface area contributed by atoms with Crippen molar-refractivity contribution in [3.63, 3.8) is 0 Å². The smallest absolute Gasteiger partial charge is 0 e. The van der Waals surface area contributed by atoms with Gasteiger partial charge in [-0.15, -0.1) is 0 Å². The van der Waals surface area contributed by atoms with E-state index >= 15 is 0 Å². The molecule has 0 aliphatic carbocycles. The topological polar surface area (TPSA) is 120 Å². The second-order valence-corrected chi connectivity index (χ2v) is 5.19. The van der Waals surface area contributed by atoms with Crippen LogP contribution >= 0.6 is 0 Å². The molecule has 0 bridgehead atoms. The van der Waals surface area contributed by atoms with Gasteiger partial charge in [0, 0.05) is 17.4 Å². The van der Waals surface area contributed by atoms with Crippen LogP contribution in [-0.2, 0) is 47.2 Å². The van der Waals surface area contributed by atoms with E-state index in [1.54, 1.807) is 0 Å². The molecule has 0 heterocycles. The molecular formula is C18H21CrNO6. The van der Waals surface area contributed by atoms with Gasteiger partial charge in [0.2, 0.25) is 0 Å². The summed E-state index contributed by atoms with van der Waals surface area (Å²) in [6, 6.07) is 9.59. The van der Waals surface area contributed by atoms with Gasteiger partial charge in [-0.05, 0) is 24.2 Å². The van der Waals surface area contributed by atoms with Gasteiger partial charge in [-0.25, -0.2) is 4.79 Å². The molecule has 0 atom stereocenters. The Bertz CT molecular complexity index is 493. The number of benzene rings is 1. The zero-order chi connectivity index (χ0) is 21.3. The molecule has 0 aromatic heterocycles. The van der Waals surface area contributed by atoms with Gasteiger partial charge in [0.05, 0.1) is 28.2 Å². The minimum atomic E-state index is -0.459. The third kappa shape index (κ3) is 57.5. The van der Waals surface area contributed by atoms with E-state index in [0.717, 1.165) is 10.0 Å². The number of aryl methyl sites for hydroxylation is 1. The maximum Gasteiger partial charge on any atom is 0 e. The summed E-state index contributed by atoms with van der Waals surface area (Å²) in [5, 5.41) is 10.6. The van der Waals surface area contributed by atoms with Crippen LogP contribution in [-0.4, -0.2) is 38.6 Å². The van der Waals surface area contributed by atoms with Crippen molar-refractivity contribution in [1.29, 1.82) is 0 Å². The van der Waals surface area contributed by atoms with Crippen molar-refractivity contribution in [3.8, 4) is 0 Å². The van der Waals surface area contributed by atoms with E-state index in [1.807, 2.05) is 30.3 Å². The van der Waals surface area contributed by atoms with E-state index in [9.17, 15) is 9.90 Å². The average molecular weight is 399 g/mol. The van der Waals surface area contributed by atoms with Crippen molar-refractivity contribution in [2.24, 2.45) is 0 Å². The Labute approximate surface area is 165 Å². The van der Waals surface area contributed by atoms with Crippen molar-refractivity contribution >= 4 is 5.94 Å². The zero-order valence-corrected chi connectivity index (χ0v) is 16.4. The Morgan fingerprint density at radius 3 is 1.50 bits per heavy atom. The van der Waals surface area contributed by atoms with Crippen LogP contribution < -0.4 is 5.11 Å². The van der Waals surface area contributed by atoms with Gasteiger partial charge in [-0.1, -0.05) is 30.3 Å². The van der Waals surface area contributed by atoms with Gasteiger partial charge in [0.25, 0.3) is 0 Å². The molecule has 0 amide bonds. The Morgan fingerprint density at radius 1 is 0.923 bits per heavy atom. The van der Waals surface area contributed by atoms with Crippen LogP contribution in [0.4, 0.5) is 0 Å². The fraction of sp³-hybridized carbons (Fsp3) is 0.333. The van der Waals surface area contributed by atoms with Crippen molar-refractivity contribution in [2.45, 2.75) is 12.8 Å². The first kappa shape index (κ1) is 39.1. The fourth-order valence-corrected chi connectivity index (χ4v) is 0.954. The van der Waals surface area contributed by atoms with Crippen LogP contribution in [0.25, 0.3) is 0 Å². The Balaban J connectivity index is -0.0000000607. The van der Waals surface area contributed by atoms with E-state index in [1.165, 1.54) is 5.94 Å². The van der Waals surface area contributed by atoms with Crippen molar-refractivity contribution in [1.82, 2.24) is 0 Å². The van der Waals surface area contributed by atoms with Gasteiger partial charge in [0.1, 0.15) is 5.94 Å². The summed E-state index contributed by atoms with van der Waals surface area (Å²) in [5.74, 6) is 0.887. The summed E-state index contributed by atoms with van der Waals surface area (Å²) in [6.45, 7) is 18.0. The average Bonchev–Trinajstić information content (AvgIpc) is 2.66. The maximum absolute atomic E-state index is 10.6. The summed E-state index contributed by atoms with van der Waals surface area (Å²) in [7, 11) is 8.50. The molecule has 26 heavy (non-hydrogen) atoms. The van der Waals surface area contributed by atoms with E-state index in [4.69, 9.17) is 18.6 Å². The molecule has 0 N–H and O–H groups in total. The Morgan fingerprint density at radius 2 is 1.23 bits per heavy atom. The Kier molecular flexibility index (Phi) is 51.6. The number of nitrogens with zero attached hydrogens (tertiary/aromatic N) is 1. The molecule has 140 valence electrons. The van der Waals surface area contributed by atoms with Gasteiger partial charge >= 0.3 is 45.2 Å². The predicted octanol–water partition coefficient (Wildman–Crippen LogP) is 0.865. The van der Waals surface area contributed by atoms with E-state index < -0.39 is 5.76 Å². The molecule has 1 rings (SSSR count). The molecule has 7 nitrogen and oxygen atoms in total. The van der Waals surface area contributed by atoms with Gasteiger partial charge < -0.3 is 9.59 Å². The number of hydrogen-bond donors (Lipinski definition) is 0. The SMILES string of the molecule is C[N+](C)(C)C.O=C=C([O-])CCc1ccccc1.[C-]#[O+].[C-]#[O+].[C-]#[O+].[C-]#[O+].[Cr]. The molecule has 0 spiro atoms. The van der Waals surface area contributed by atoms with Crippen LogP contribution in [0.3, 0.4) is 0 Å². The first-order chi connectivity index (χ1) is 11.8. The molecular weight excluding hydrogens is 378 g/mol. The minimum absolute atomic E-state index is 0. The molecule has 0 fully saturated rings. The van der Waals surface area contributed by atoms with Crippen LogP contribution in [0, 0.1) is 26.6 Å². The second-order valence-electron chi connectivity index (χ2n) is 5.19. The molecule has 0 radical (unpaired) electrons. The third-order valence-electron chi connectivity index (χ3n) is 1.60. The monoisotopic (exact) mass is 399 g/mol. The number of hydrogen-bond acceptors (Lipinski definition) is 2. The molecule has 0 unspecified atom stereocenters. The summed E-state index contributed by atoms with van der Waals surface area (Å²) in [6.07, 6.45) is 0.877. The molecule has 8 heteroatoms. The van der Waals surface area contributed by atoms with Crippen LogP contribution in [0.1, 0.15) is 12.0 Å². The molecule has 1 aromatic carbocycles. The van der Waals surface area contributed by atoms with Crippen molar-refractivity contribution in [2.75, 3.05) is 28.2 Å². The summed E-state index contributed by atoms with van der Waals surface area (Å²) in [4.78, 5) is 9.85. The van der Waals surface area contributed by atoms with Crippen LogP contribution in [0.5, 0.6) is 0 Å². The van der Waals surface area contributed by atoms with Crippen molar-refractivity contribution < 1.29 is 50.4 Å². The van der Waals surface area contributed by atoms with E-state index in [2.05, 4.69) is 54.8 Å². The second kappa shape index (κ2) is 34.3. The summed E-state index contributed by atoms with van der Waals surface area (Å²) >= 11 is 0. The summed E-state index contributed by atoms with van der Waals surface area (Å²) < 4.78 is 31.0. The summed E-state index contributed by atoms with van der Waals surface area (Å²) in [5.41, 5.74) is 1.07. The quantitative estimate of drug-likeness (QED) is 0.246. The van der Waals surface area contributed by atoms with Gasteiger partial charge in [-0.2, -0.15) is 0 Å². The minimum Gasteiger partial charge on any atom is 0 e. The number of allylic oxidation sites excluding steroid dienone is 1. The zero-order valence-electron chi connectivity index (χ0n) is 15.1. The molecule has 0 aliphatic heterocycles. The normalized spacial score (nSPS) is 6.77. The fourth-order valence-electron chi connectivity index (χ4n) is 0.954. The van der Waals surface area contributed by atoms with E-state index in [0.29, 0.717) is 6.42 Å². The van der Waals surface area contributed by atoms with Gasteiger partial charge in [0.15, 0.2) is 0 Å². The van der Waals surface area contributed by atoms with E-state index in [-0.39, 0.29) is 23.8 Å². The standard InChI is InChI=1S/C10H10O2.C4H12N.4CO.Cr/c11-8-10(12)7-6-9-4-2-1-3-5-9;1-5(2,3)4;4*1-2;/h1-5,12H,6-7H2;1-4H3;;;;;/q;+1;;;;;/p-1. The number of carbonyl (C=O) groups excluding carboxylic acids is 1. The van der Waals surface area contributed by atoms with Crippen LogP contribution in [0.2, 0.25) is 0 Å². The maximum atomic E-state index is 10.6. The first-order valence-corrected chi connectivity index (χ1v) is 6.38. The number of rotatable bonds is 3. The van der Waals surface area contributed by atoms with Crippen LogP contribution in [0.15, 0.2) is 36.1 Å². The number of quaternary nitrogens is 1. The van der Waals surface area contributed by atoms with Gasteiger partial charge in [-0.3, -0.25) is 0 Å². The molecule has 0 aliphatic rings. The largest absolute Gasteiger partial charge is 0 e. The third-order valence-corrected chi connectivity index (χ3v) is 1.60. The predicted molar refractivity (Wildman–Crippen MR) is 83.6 cm³/mol. The molecule has 1 aromatic rings. The molecule has 0 saturated carbocycles. The molecule has 0 saturated heterocycles.